The normalized spacial score (nSPS) is 27.0. The molecule has 5 nitrogen and oxygen atoms in total. The third-order valence-electron chi connectivity index (χ3n) is 4.60. The van der Waals surface area contributed by atoms with Gasteiger partial charge in [-0.15, -0.1) is 0 Å². The molecule has 21 heavy (non-hydrogen) atoms. The Morgan fingerprint density at radius 3 is 2.38 bits per heavy atom. The summed E-state index contributed by atoms with van der Waals surface area (Å²) in [4.78, 5) is 14.5. The van der Waals surface area contributed by atoms with Crippen LogP contribution in [0.2, 0.25) is 0 Å². The summed E-state index contributed by atoms with van der Waals surface area (Å²) in [5, 5.41) is 0. The molecule has 6 heteroatoms. The van der Waals surface area contributed by atoms with Crippen molar-refractivity contribution in [3.63, 3.8) is 0 Å². The summed E-state index contributed by atoms with van der Waals surface area (Å²) >= 11 is 0. The predicted octanol–water partition coefficient (Wildman–Crippen LogP) is -0.648. The van der Waals surface area contributed by atoms with Crippen LogP contribution in [0.3, 0.4) is 0 Å². The van der Waals surface area contributed by atoms with Gasteiger partial charge in [-0.2, -0.15) is 0 Å². The zero-order valence-electron chi connectivity index (χ0n) is 12.8. The minimum Gasteiger partial charge on any atom is -0.694 e. The van der Waals surface area contributed by atoms with E-state index in [1.165, 1.54) is 0 Å². The van der Waals surface area contributed by atoms with Gasteiger partial charge < -0.3 is 15.0 Å². The molecule has 2 fully saturated rings. The smallest absolute Gasteiger partial charge is 0.694 e. The minimum atomic E-state index is -0.151. The molecule has 0 unspecified atom stereocenters. The number of rotatable bonds is 2. The topological polar surface area (TPSA) is 58.3 Å². The third-order valence-corrected chi connectivity index (χ3v) is 4.60. The van der Waals surface area contributed by atoms with Gasteiger partial charge in [-0.05, 0) is 31.7 Å². The van der Waals surface area contributed by atoms with Gasteiger partial charge in [0.05, 0.1) is 13.2 Å². The van der Waals surface area contributed by atoms with Crippen LogP contribution in [0.5, 0.6) is 0 Å². The first-order valence-electron chi connectivity index (χ1n) is 7.50. The first-order valence-corrected chi connectivity index (χ1v) is 7.50. The maximum atomic E-state index is 12.0. The van der Waals surface area contributed by atoms with Crippen molar-refractivity contribution in [2.24, 2.45) is 0 Å². The van der Waals surface area contributed by atoms with Crippen molar-refractivity contribution >= 4 is 5.69 Å². The Morgan fingerprint density at radius 1 is 1.10 bits per heavy atom. The van der Waals surface area contributed by atoms with E-state index in [0.717, 1.165) is 52.0 Å². The van der Waals surface area contributed by atoms with Crippen molar-refractivity contribution in [3.05, 3.63) is 34.4 Å². The van der Waals surface area contributed by atoms with Crippen molar-refractivity contribution < 1.29 is 56.1 Å². The molecule has 1 aliphatic heterocycles. The maximum Gasteiger partial charge on any atom is 1.00 e. The second-order valence-electron chi connectivity index (χ2n) is 5.74. The molecule has 0 radical (unpaired) electrons. The van der Waals surface area contributed by atoms with Gasteiger partial charge in [0.25, 0.3) is 0 Å². The second kappa shape index (κ2) is 8.24. The summed E-state index contributed by atoms with van der Waals surface area (Å²) < 4.78 is 7.16. The van der Waals surface area contributed by atoms with E-state index in [1.807, 2.05) is 6.20 Å². The fraction of sp³-hybridized carbons (Fsp3) is 0.667. The Morgan fingerprint density at radius 2 is 1.71 bits per heavy atom. The van der Waals surface area contributed by atoms with Gasteiger partial charge in [0.2, 0.25) is 5.56 Å². The molecule has 0 amide bonds. The number of ether oxygens (including phenoxy) is 1. The Hall–Kier alpha value is 0.306. The van der Waals surface area contributed by atoms with E-state index in [-0.39, 0.29) is 68.7 Å². The van der Waals surface area contributed by atoms with E-state index in [4.69, 9.17) is 10.5 Å². The van der Waals surface area contributed by atoms with Crippen LogP contribution in [0.15, 0.2) is 23.1 Å². The van der Waals surface area contributed by atoms with Crippen molar-refractivity contribution in [2.75, 3.05) is 26.3 Å². The van der Waals surface area contributed by atoms with Gasteiger partial charge in [0.1, 0.15) is 0 Å². The van der Waals surface area contributed by atoms with Crippen molar-refractivity contribution in [2.45, 2.75) is 37.8 Å². The van der Waals surface area contributed by atoms with E-state index in [9.17, 15) is 4.79 Å². The average molecular weight is 315 g/mol. The molecule has 110 valence electrons. The molecule has 1 saturated carbocycles. The van der Waals surface area contributed by atoms with E-state index >= 15 is 0 Å². The fourth-order valence-electron chi connectivity index (χ4n) is 3.44. The first kappa shape index (κ1) is 17.7. The van der Waals surface area contributed by atoms with Gasteiger partial charge in [-0.3, -0.25) is 9.69 Å². The Bertz CT molecular complexity index is 506. The monoisotopic (exact) mass is 315 g/mol. The van der Waals surface area contributed by atoms with Crippen molar-refractivity contribution in [3.8, 4) is 0 Å². The Balaban J connectivity index is 0.00000161. The van der Waals surface area contributed by atoms with Crippen LogP contribution in [0.4, 0.5) is 5.69 Å². The largest absolute Gasteiger partial charge is 1.00 e. The summed E-state index contributed by atoms with van der Waals surface area (Å²) in [7, 11) is 0. The summed E-state index contributed by atoms with van der Waals surface area (Å²) in [6.07, 6.45) is 6.18. The Kier molecular flexibility index (Phi) is 6.93. The molecule has 2 aliphatic rings. The Labute approximate surface area is 168 Å². The second-order valence-corrected chi connectivity index (χ2v) is 5.74. The van der Waals surface area contributed by atoms with Crippen LogP contribution in [0, 0.1) is 0 Å². The van der Waals surface area contributed by atoms with Gasteiger partial charge in [0, 0.05) is 31.4 Å². The van der Waals surface area contributed by atoms with Crippen LogP contribution >= 0.6 is 0 Å². The maximum absolute atomic E-state index is 12.0. The predicted molar refractivity (Wildman–Crippen MR) is 78.4 cm³/mol. The van der Waals surface area contributed by atoms with Gasteiger partial charge in [0.15, 0.2) is 0 Å². The third kappa shape index (κ3) is 4.19. The van der Waals surface area contributed by atoms with Crippen molar-refractivity contribution in [1.29, 1.82) is 0 Å². The standard InChI is InChI=1S/C15H22N3O2.K/c16-14-2-1-7-18(15(14)19)13-5-3-12(4-6-13)17-8-10-20-11-9-17;/h1-2,7,12-13,16H,3-6,8-11H2;/q-1;+1. The van der Waals surface area contributed by atoms with Gasteiger partial charge in [-0.25, -0.2) is 0 Å². The van der Waals surface area contributed by atoms with E-state index in [2.05, 4.69) is 4.90 Å². The van der Waals surface area contributed by atoms with E-state index < -0.39 is 0 Å². The van der Waals surface area contributed by atoms with Gasteiger partial charge in [-0.1, -0.05) is 11.8 Å². The zero-order valence-corrected chi connectivity index (χ0v) is 15.9. The van der Waals surface area contributed by atoms with Gasteiger partial charge >= 0.3 is 51.4 Å². The number of aromatic nitrogens is 1. The van der Waals surface area contributed by atoms with E-state index in [1.54, 1.807) is 16.7 Å². The summed E-state index contributed by atoms with van der Waals surface area (Å²) in [6, 6.07) is 4.28. The summed E-state index contributed by atoms with van der Waals surface area (Å²) in [6.45, 7) is 3.77. The van der Waals surface area contributed by atoms with Crippen LogP contribution in [0.25, 0.3) is 5.73 Å². The van der Waals surface area contributed by atoms with Crippen LogP contribution < -0.4 is 56.9 Å². The number of nitrogens with one attached hydrogen (secondary N) is 1. The molecule has 0 atom stereocenters. The fourth-order valence-corrected chi connectivity index (χ4v) is 3.44. The molecule has 1 aliphatic carbocycles. The molecule has 0 bridgehead atoms. The molecule has 1 saturated heterocycles. The minimum absolute atomic E-state index is 0. The number of nitrogens with zero attached hydrogens (tertiary/aromatic N) is 2. The molecule has 0 spiro atoms. The number of morpholine rings is 1. The molecular formula is C15H22KN3O2. The molecule has 0 aromatic carbocycles. The van der Waals surface area contributed by atoms with E-state index in [0.29, 0.717) is 6.04 Å². The van der Waals surface area contributed by atoms with Crippen LogP contribution in [0.1, 0.15) is 31.7 Å². The average Bonchev–Trinajstić information content (AvgIpc) is 2.51. The zero-order chi connectivity index (χ0) is 13.9. The molecular weight excluding hydrogens is 293 g/mol. The summed E-state index contributed by atoms with van der Waals surface area (Å²) in [5.41, 5.74) is 7.57. The quantitative estimate of drug-likeness (QED) is 0.682. The van der Waals surface area contributed by atoms with Crippen LogP contribution in [-0.4, -0.2) is 41.8 Å². The van der Waals surface area contributed by atoms with Crippen LogP contribution in [-0.2, 0) is 4.74 Å². The number of hydrogen-bond donors (Lipinski definition) is 0. The SMILES string of the molecule is [K+].[NH-]c1cccn(C2CCC(N3CCOCC3)CC2)c1=O. The molecule has 1 aromatic rings. The number of pyridine rings is 1. The number of hydrogen-bond acceptors (Lipinski definition) is 3. The van der Waals surface area contributed by atoms with Crippen molar-refractivity contribution in [1.82, 2.24) is 9.47 Å². The molecule has 1 N–H and O–H groups in total. The molecule has 1 aromatic heterocycles. The first-order chi connectivity index (χ1) is 9.75. The molecule has 3 rings (SSSR count). The molecule has 2 heterocycles. The summed E-state index contributed by atoms with van der Waals surface area (Å²) in [5.74, 6) is 0.